The van der Waals surface area contributed by atoms with Crippen LogP contribution in [0.1, 0.15) is 43.5 Å². The Kier molecular flexibility index (Phi) is 6.57. The van der Waals surface area contributed by atoms with Crippen LogP contribution in [-0.4, -0.2) is 13.0 Å². The van der Waals surface area contributed by atoms with Gasteiger partial charge in [-0.3, -0.25) is 4.79 Å². The molecule has 0 aliphatic rings. The van der Waals surface area contributed by atoms with Gasteiger partial charge in [0.05, 0.1) is 19.6 Å². The topological polar surface area (TPSA) is 38.3 Å². The maximum Gasteiger partial charge on any atom is 0.224 e. The van der Waals surface area contributed by atoms with Gasteiger partial charge in [-0.2, -0.15) is 0 Å². The number of halogens is 1. The van der Waals surface area contributed by atoms with E-state index in [0.717, 1.165) is 12.0 Å². The van der Waals surface area contributed by atoms with Crippen LogP contribution in [-0.2, 0) is 17.6 Å². The molecule has 0 bridgehead atoms. The molecule has 0 heterocycles. The van der Waals surface area contributed by atoms with Gasteiger partial charge in [0, 0.05) is 0 Å². The fourth-order valence-corrected chi connectivity index (χ4v) is 2.79. The van der Waals surface area contributed by atoms with Crippen LogP contribution in [0.3, 0.4) is 0 Å². The first kappa shape index (κ1) is 19.0. The second-order valence-electron chi connectivity index (χ2n) is 6.77. The lowest BCUT2D eigenvalue weighted by atomic mass is 10.00. The minimum Gasteiger partial charge on any atom is -0.494 e. The highest BCUT2D eigenvalue weighted by Gasteiger charge is 2.12. The standard InChI is InChI=1S/C21H26FNO2/c1-14(2)11-16-5-8-18(9-6-16)15(3)23-21(24)13-17-7-10-20(25-4)19(22)12-17/h5-10,12,14-15H,11,13H2,1-4H3,(H,23,24)/t15-/m0/s1. The molecule has 2 aromatic rings. The molecule has 134 valence electrons. The smallest absolute Gasteiger partial charge is 0.224 e. The first-order valence-corrected chi connectivity index (χ1v) is 8.59. The van der Waals surface area contributed by atoms with Crippen molar-refractivity contribution in [2.24, 2.45) is 5.92 Å². The number of ether oxygens (including phenoxy) is 1. The molecule has 0 spiro atoms. The van der Waals surface area contributed by atoms with Gasteiger partial charge in [-0.25, -0.2) is 4.39 Å². The highest BCUT2D eigenvalue weighted by atomic mass is 19.1. The second kappa shape index (κ2) is 8.65. The summed E-state index contributed by atoms with van der Waals surface area (Å²) in [4.78, 5) is 12.2. The highest BCUT2D eigenvalue weighted by molar-refractivity contribution is 5.79. The molecular weight excluding hydrogens is 317 g/mol. The molecule has 2 rings (SSSR count). The minimum absolute atomic E-state index is 0.0938. The third kappa shape index (κ3) is 5.59. The predicted molar refractivity (Wildman–Crippen MR) is 98.2 cm³/mol. The van der Waals surface area contributed by atoms with Crippen molar-refractivity contribution in [3.05, 3.63) is 65.0 Å². The molecule has 0 fully saturated rings. The van der Waals surface area contributed by atoms with Crippen molar-refractivity contribution in [1.82, 2.24) is 5.32 Å². The van der Waals surface area contributed by atoms with Gasteiger partial charge in [-0.1, -0.05) is 44.2 Å². The van der Waals surface area contributed by atoms with Gasteiger partial charge in [-0.05, 0) is 48.1 Å². The average molecular weight is 343 g/mol. The summed E-state index contributed by atoms with van der Waals surface area (Å²) in [6.07, 6.45) is 1.18. The molecule has 0 saturated carbocycles. The Labute approximate surface area is 149 Å². The largest absolute Gasteiger partial charge is 0.494 e. The summed E-state index contributed by atoms with van der Waals surface area (Å²) >= 11 is 0. The second-order valence-corrected chi connectivity index (χ2v) is 6.77. The Morgan fingerprint density at radius 2 is 1.72 bits per heavy atom. The van der Waals surface area contributed by atoms with Crippen molar-refractivity contribution in [3.63, 3.8) is 0 Å². The Balaban J connectivity index is 1.94. The molecule has 0 aliphatic carbocycles. The highest BCUT2D eigenvalue weighted by Crippen LogP contribution is 2.19. The van der Waals surface area contributed by atoms with Crippen molar-refractivity contribution in [1.29, 1.82) is 0 Å². The van der Waals surface area contributed by atoms with Gasteiger partial charge in [0.2, 0.25) is 5.91 Å². The van der Waals surface area contributed by atoms with E-state index in [2.05, 4.69) is 43.4 Å². The lowest BCUT2D eigenvalue weighted by Gasteiger charge is -2.15. The molecule has 0 radical (unpaired) electrons. The molecule has 0 unspecified atom stereocenters. The predicted octanol–water partition coefficient (Wildman–Crippen LogP) is 4.45. The van der Waals surface area contributed by atoms with Crippen LogP contribution in [0.5, 0.6) is 5.75 Å². The van der Waals surface area contributed by atoms with Crippen molar-refractivity contribution < 1.29 is 13.9 Å². The number of hydrogen-bond donors (Lipinski definition) is 1. The zero-order valence-corrected chi connectivity index (χ0v) is 15.3. The summed E-state index contributed by atoms with van der Waals surface area (Å²) in [6, 6.07) is 12.8. The van der Waals surface area contributed by atoms with E-state index in [1.165, 1.54) is 24.8 Å². The summed E-state index contributed by atoms with van der Waals surface area (Å²) in [5.74, 6) is 0.205. The Morgan fingerprint density at radius 1 is 1.08 bits per heavy atom. The van der Waals surface area contributed by atoms with Crippen LogP contribution in [0, 0.1) is 11.7 Å². The number of amides is 1. The molecule has 3 nitrogen and oxygen atoms in total. The van der Waals surface area contributed by atoms with E-state index in [9.17, 15) is 9.18 Å². The minimum atomic E-state index is -0.457. The average Bonchev–Trinajstić information content (AvgIpc) is 2.55. The molecule has 2 aromatic carbocycles. The fourth-order valence-electron chi connectivity index (χ4n) is 2.79. The lowest BCUT2D eigenvalue weighted by Crippen LogP contribution is -2.28. The SMILES string of the molecule is COc1ccc(CC(=O)N[C@@H](C)c2ccc(CC(C)C)cc2)cc1F. The van der Waals surface area contributed by atoms with Crippen LogP contribution >= 0.6 is 0 Å². The van der Waals surface area contributed by atoms with E-state index >= 15 is 0 Å². The third-order valence-electron chi connectivity index (χ3n) is 4.08. The van der Waals surface area contributed by atoms with Crippen molar-refractivity contribution in [2.45, 2.75) is 39.7 Å². The number of methoxy groups -OCH3 is 1. The molecule has 1 N–H and O–H groups in total. The maximum atomic E-state index is 13.7. The zero-order chi connectivity index (χ0) is 18.4. The molecule has 0 aliphatic heterocycles. The van der Waals surface area contributed by atoms with Crippen LogP contribution in [0.4, 0.5) is 4.39 Å². The molecule has 25 heavy (non-hydrogen) atoms. The molecule has 4 heteroatoms. The molecule has 1 atom stereocenters. The van der Waals surface area contributed by atoms with Crippen LogP contribution in [0.15, 0.2) is 42.5 Å². The van der Waals surface area contributed by atoms with Gasteiger partial charge < -0.3 is 10.1 Å². The molecule has 0 saturated heterocycles. The monoisotopic (exact) mass is 343 g/mol. The van der Waals surface area contributed by atoms with E-state index in [-0.39, 0.29) is 24.1 Å². The van der Waals surface area contributed by atoms with Crippen molar-refractivity contribution >= 4 is 5.91 Å². The van der Waals surface area contributed by atoms with Gasteiger partial charge in [-0.15, -0.1) is 0 Å². The Bertz CT molecular complexity index is 710. The number of carbonyl (C=O) groups excluding carboxylic acids is 1. The maximum absolute atomic E-state index is 13.7. The van der Waals surface area contributed by atoms with E-state index in [0.29, 0.717) is 11.5 Å². The van der Waals surface area contributed by atoms with E-state index < -0.39 is 5.82 Å². The normalized spacial score (nSPS) is 12.1. The summed E-state index contributed by atoms with van der Waals surface area (Å²) in [6.45, 7) is 6.33. The number of nitrogens with one attached hydrogen (secondary N) is 1. The van der Waals surface area contributed by atoms with Crippen LogP contribution in [0.25, 0.3) is 0 Å². The quantitative estimate of drug-likeness (QED) is 0.806. The van der Waals surface area contributed by atoms with Gasteiger partial charge in [0.1, 0.15) is 0 Å². The molecular formula is C21H26FNO2. The Hall–Kier alpha value is -2.36. The first-order chi connectivity index (χ1) is 11.9. The van der Waals surface area contributed by atoms with Crippen LogP contribution < -0.4 is 10.1 Å². The van der Waals surface area contributed by atoms with Crippen molar-refractivity contribution in [3.8, 4) is 5.75 Å². The summed E-state index contributed by atoms with van der Waals surface area (Å²) in [7, 11) is 1.42. The van der Waals surface area contributed by atoms with E-state index in [1.54, 1.807) is 6.07 Å². The van der Waals surface area contributed by atoms with Gasteiger partial charge in [0.25, 0.3) is 0 Å². The van der Waals surface area contributed by atoms with Crippen LogP contribution in [0.2, 0.25) is 0 Å². The number of rotatable bonds is 7. The molecule has 1 amide bonds. The summed E-state index contributed by atoms with van der Waals surface area (Å²) < 4.78 is 18.6. The third-order valence-corrected chi connectivity index (χ3v) is 4.08. The van der Waals surface area contributed by atoms with E-state index in [1.807, 2.05) is 6.92 Å². The lowest BCUT2D eigenvalue weighted by molar-refractivity contribution is -0.121. The fraction of sp³-hybridized carbons (Fsp3) is 0.381. The number of hydrogen-bond acceptors (Lipinski definition) is 2. The first-order valence-electron chi connectivity index (χ1n) is 8.59. The van der Waals surface area contributed by atoms with Crippen molar-refractivity contribution in [2.75, 3.05) is 7.11 Å². The molecule has 0 aromatic heterocycles. The Morgan fingerprint density at radius 3 is 2.28 bits per heavy atom. The summed E-state index contributed by atoms with van der Waals surface area (Å²) in [5.41, 5.74) is 2.98. The van der Waals surface area contributed by atoms with E-state index in [4.69, 9.17) is 4.74 Å². The number of benzene rings is 2. The number of carbonyl (C=O) groups is 1. The zero-order valence-electron chi connectivity index (χ0n) is 15.3. The van der Waals surface area contributed by atoms with Gasteiger partial charge in [0.15, 0.2) is 11.6 Å². The van der Waals surface area contributed by atoms with Gasteiger partial charge >= 0.3 is 0 Å². The summed E-state index contributed by atoms with van der Waals surface area (Å²) in [5, 5.41) is 2.96.